The number of hydrogen-bond acceptors (Lipinski definition) is 5. The molecule has 19 heavy (non-hydrogen) atoms. The van der Waals surface area contributed by atoms with Crippen LogP contribution in [0.1, 0.15) is 0 Å². The molecule has 100 valence electrons. The summed E-state index contributed by atoms with van der Waals surface area (Å²) in [6.07, 6.45) is 3.09. The Kier molecular flexibility index (Phi) is 4.06. The highest BCUT2D eigenvalue weighted by atomic mass is 35.5. The van der Waals surface area contributed by atoms with E-state index >= 15 is 0 Å². The third-order valence-corrected chi connectivity index (χ3v) is 2.75. The Hall–Kier alpha value is -2.01. The van der Waals surface area contributed by atoms with Crippen molar-refractivity contribution in [1.29, 1.82) is 0 Å². The first kappa shape index (κ1) is 13.4. The Bertz CT molecular complexity index is 565. The average molecular weight is 281 g/mol. The molecule has 0 N–H and O–H groups in total. The van der Waals surface area contributed by atoms with Crippen LogP contribution in [-0.4, -0.2) is 31.3 Å². The molecule has 0 bridgehead atoms. The quantitative estimate of drug-likeness (QED) is 0.862. The van der Waals surface area contributed by atoms with Crippen LogP contribution in [0.4, 0.5) is 0 Å². The molecular formula is C13H13ClN2O3. The lowest BCUT2D eigenvalue weighted by atomic mass is 10.1. The van der Waals surface area contributed by atoms with Crippen LogP contribution < -0.4 is 14.2 Å². The molecule has 0 saturated heterocycles. The van der Waals surface area contributed by atoms with Gasteiger partial charge >= 0.3 is 0 Å². The fraction of sp³-hybridized carbons (Fsp3) is 0.231. The molecule has 0 atom stereocenters. The molecule has 5 nitrogen and oxygen atoms in total. The summed E-state index contributed by atoms with van der Waals surface area (Å²) in [5.74, 6) is 1.64. The summed E-state index contributed by atoms with van der Waals surface area (Å²) in [5, 5.41) is 0.325. The van der Waals surface area contributed by atoms with Crippen molar-refractivity contribution in [2.24, 2.45) is 0 Å². The van der Waals surface area contributed by atoms with Gasteiger partial charge in [0, 0.05) is 5.56 Å². The Morgan fingerprint density at radius 2 is 1.58 bits per heavy atom. The monoisotopic (exact) mass is 280 g/mol. The van der Waals surface area contributed by atoms with Crippen LogP contribution in [0.3, 0.4) is 0 Å². The molecule has 0 spiro atoms. The number of aromatic nitrogens is 2. The molecule has 2 aromatic rings. The zero-order chi connectivity index (χ0) is 13.8. The van der Waals surface area contributed by atoms with Gasteiger partial charge in [0.1, 0.15) is 5.15 Å². The second-order valence-electron chi connectivity index (χ2n) is 3.64. The summed E-state index contributed by atoms with van der Waals surface area (Å²) in [4.78, 5) is 8.21. The molecule has 0 aliphatic carbocycles. The minimum Gasteiger partial charge on any atom is -0.493 e. The van der Waals surface area contributed by atoms with E-state index in [4.69, 9.17) is 25.8 Å². The van der Waals surface area contributed by atoms with Crippen LogP contribution in [0.5, 0.6) is 17.2 Å². The second-order valence-corrected chi connectivity index (χ2v) is 4.03. The fourth-order valence-corrected chi connectivity index (χ4v) is 1.86. The molecule has 0 amide bonds. The number of benzene rings is 1. The molecule has 0 saturated carbocycles. The van der Waals surface area contributed by atoms with Crippen molar-refractivity contribution in [3.05, 3.63) is 29.7 Å². The Balaban J connectivity index is 2.59. The zero-order valence-electron chi connectivity index (χ0n) is 10.8. The summed E-state index contributed by atoms with van der Waals surface area (Å²) in [5.41, 5.74) is 1.41. The van der Waals surface area contributed by atoms with E-state index in [0.717, 1.165) is 5.56 Å². The van der Waals surface area contributed by atoms with Gasteiger partial charge in [0.15, 0.2) is 11.5 Å². The van der Waals surface area contributed by atoms with Crippen LogP contribution in [0.2, 0.25) is 5.15 Å². The molecule has 2 rings (SSSR count). The number of ether oxygens (including phenoxy) is 3. The van der Waals surface area contributed by atoms with Crippen molar-refractivity contribution in [1.82, 2.24) is 9.97 Å². The Labute approximate surface area is 116 Å². The zero-order valence-corrected chi connectivity index (χ0v) is 11.6. The minimum absolute atomic E-state index is 0.325. The van der Waals surface area contributed by atoms with E-state index in [1.54, 1.807) is 39.7 Å². The number of methoxy groups -OCH3 is 3. The summed E-state index contributed by atoms with van der Waals surface area (Å²) >= 11 is 5.84. The van der Waals surface area contributed by atoms with E-state index in [1.165, 1.54) is 6.20 Å². The van der Waals surface area contributed by atoms with Gasteiger partial charge in [-0.05, 0) is 12.1 Å². The normalized spacial score (nSPS) is 10.1. The maximum absolute atomic E-state index is 5.84. The van der Waals surface area contributed by atoms with Crippen molar-refractivity contribution in [3.8, 4) is 28.5 Å². The Morgan fingerprint density at radius 1 is 0.947 bits per heavy atom. The third kappa shape index (κ3) is 2.71. The summed E-state index contributed by atoms with van der Waals surface area (Å²) in [6, 6.07) is 3.59. The standard InChI is InChI=1S/C13H13ClN2O3/c1-17-10-4-8(5-11(18-2)13(10)19-3)9-6-15-7-12(14)16-9/h4-7H,1-3H3. The highest BCUT2D eigenvalue weighted by Gasteiger charge is 2.14. The van der Waals surface area contributed by atoms with Gasteiger partial charge in [0.05, 0.1) is 39.4 Å². The van der Waals surface area contributed by atoms with Crippen LogP contribution in [0.15, 0.2) is 24.5 Å². The van der Waals surface area contributed by atoms with Crippen molar-refractivity contribution >= 4 is 11.6 Å². The lowest BCUT2D eigenvalue weighted by Crippen LogP contribution is -1.96. The van der Waals surface area contributed by atoms with Gasteiger partial charge in [0.2, 0.25) is 5.75 Å². The third-order valence-electron chi connectivity index (χ3n) is 2.57. The molecule has 1 aromatic carbocycles. The fourth-order valence-electron chi connectivity index (χ4n) is 1.71. The molecule has 1 aromatic heterocycles. The van der Waals surface area contributed by atoms with Crippen LogP contribution >= 0.6 is 11.6 Å². The lowest BCUT2D eigenvalue weighted by molar-refractivity contribution is 0.324. The van der Waals surface area contributed by atoms with E-state index in [0.29, 0.717) is 28.1 Å². The van der Waals surface area contributed by atoms with Gasteiger partial charge in [-0.2, -0.15) is 0 Å². The molecule has 0 aliphatic heterocycles. The Morgan fingerprint density at radius 3 is 2.05 bits per heavy atom. The van der Waals surface area contributed by atoms with Crippen molar-refractivity contribution in [2.75, 3.05) is 21.3 Å². The van der Waals surface area contributed by atoms with E-state index < -0.39 is 0 Å². The largest absolute Gasteiger partial charge is 0.493 e. The smallest absolute Gasteiger partial charge is 0.203 e. The molecule has 0 fully saturated rings. The van der Waals surface area contributed by atoms with E-state index in [9.17, 15) is 0 Å². The summed E-state index contributed by atoms with van der Waals surface area (Å²) in [7, 11) is 4.68. The minimum atomic E-state index is 0.325. The molecule has 1 heterocycles. The predicted octanol–water partition coefficient (Wildman–Crippen LogP) is 2.82. The molecule has 0 aliphatic rings. The van der Waals surface area contributed by atoms with Gasteiger partial charge in [-0.15, -0.1) is 0 Å². The SMILES string of the molecule is COc1cc(-c2cncc(Cl)n2)cc(OC)c1OC. The highest BCUT2D eigenvalue weighted by Crippen LogP contribution is 2.40. The maximum Gasteiger partial charge on any atom is 0.203 e. The number of rotatable bonds is 4. The maximum atomic E-state index is 5.84. The second kappa shape index (κ2) is 5.75. The van der Waals surface area contributed by atoms with Crippen LogP contribution in [-0.2, 0) is 0 Å². The summed E-state index contributed by atoms with van der Waals surface area (Å²) in [6.45, 7) is 0. The number of halogens is 1. The van der Waals surface area contributed by atoms with Gasteiger partial charge < -0.3 is 14.2 Å². The van der Waals surface area contributed by atoms with Crippen LogP contribution in [0.25, 0.3) is 11.3 Å². The van der Waals surface area contributed by atoms with Gasteiger partial charge in [0.25, 0.3) is 0 Å². The molecular weight excluding hydrogens is 268 g/mol. The first-order valence-electron chi connectivity index (χ1n) is 5.47. The van der Waals surface area contributed by atoms with Crippen molar-refractivity contribution in [2.45, 2.75) is 0 Å². The van der Waals surface area contributed by atoms with E-state index in [-0.39, 0.29) is 0 Å². The molecule has 6 heteroatoms. The molecule has 0 radical (unpaired) electrons. The number of nitrogens with zero attached hydrogens (tertiary/aromatic N) is 2. The first-order valence-corrected chi connectivity index (χ1v) is 5.85. The van der Waals surface area contributed by atoms with Crippen LogP contribution in [0, 0.1) is 0 Å². The first-order chi connectivity index (χ1) is 9.19. The van der Waals surface area contributed by atoms with Crippen molar-refractivity contribution < 1.29 is 14.2 Å². The molecule has 0 unspecified atom stereocenters. The number of hydrogen-bond donors (Lipinski definition) is 0. The van der Waals surface area contributed by atoms with Gasteiger partial charge in [-0.25, -0.2) is 4.98 Å². The van der Waals surface area contributed by atoms with Gasteiger partial charge in [-0.3, -0.25) is 4.98 Å². The lowest BCUT2D eigenvalue weighted by Gasteiger charge is -2.13. The summed E-state index contributed by atoms with van der Waals surface area (Å²) < 4.78 is 15.8. The topological polar surface area (TPSA) is 53.5 Å². The highest BCUT2D eigenvalue weighted by molar-refractivity contribution is 6.29. The van der Waals surface area contributed by atoms with Gasteiger partial charge in [-0.1, -0.05) is 11.6 Å². The predicted molar refractivity (Wildman–Crippen MR) is 72.1 cm³/mol. The average Bonchev–Trinajstić information content (AvgIpc) is 2.45. The van der Waals surface area contributed by atoms with E-state index in [1.807, 2.05) is 0 Å². The van der Waals surface area contributed by atoms with E-state index in [2.05, 4.69) is 9.97 Å². The van der Waals surface area contributed by atoms with Crippen molar-refractivity contribution in [3.63, 3.8) is 0 Å².